The Balaban J connectivity index is 2.72. The molecular weight excluding hydrogens is 298 g/mol. The number of carbonyl (C=O) groups is 1. The lowest BCUT2D eigenvalue weighted by Crippen LogP contribution is -2.37. The van der Waals surface area contributed by atoms with Gasteiger partial charge in [-0.15, -0.1) is 0 Å². The van der Waals surface area contributed by atoms with Crippen molar-refractivity contribution in [2.45, 2.75) is 24.7 Å². The zero-order valence-corrected chi connectivity index (χ0v) is 12.6. The number of carbonyl (C=O) groups excluding carboxylic acids is 1. The summed E-state index contributed by atoms with van der Waals surface area (Å²) in [7, 11) is 3.18. The molecule has 0 fully saturated rings. The highest BCUT2D eigenvalue weighted by Gasteiger charge is 2.22. The Labute approximate surface area is 116 Å². The predicted octanol–water partition coefficient (Wildman–Crippen LogP) is 2.49. The van der Waals surface area contributed by atoms with Gasteiger partial charge in [-0.05, 0) is 31.5 Å². The van der Waals surface area contributed by atoms with Gasteiger partial charge in [-0.1, -0.05) is 22.0 Å². The molecule has 0 atom stereocenters. The Morgan fingerprint density at radius 1 is 1.28 bits per heavy atom. The highest BCUT2D eigenvalue weighted by Crippen LogP contribution is 2.27. The SMILES string of the molecule is COc1ccc(CNC(=O)C(C)(C)Br)cc1OC. The van der Waals surface area contributed by atoms with E-state index in [1.54, 1.807) is 28.1 Å². The maximum Gasteiger partial charge on any atom is 0.236 e. The van der Waals surface area contributed by atoms with Crippen LogP contribution in [0.5, 0.6) is 11.5 Å². The predicted molar refractivity (Wildman–Crippen MR) is 74.4 cm³/mol. The summed E-state index contributed by atoms with van der Waals surface area (Å²) >= 11 is 3.31. The van der Waals surface area contributed by atoms with E-state index in [0.717, 1.165) is 5.56 Å². The van der Waals surface area contributed by atoms with Crippen LogP contribution in [0.15, 0.2) is 18.2 Å². The molecule has 0 saturated carbocycles. The van der Waals surface area contributed by atoms with Crippen molar-refractivity contribution in [1.82, 2.24) is 5.32 Å². The quantitative estimate of drug-likeness (QED) is 0.849. The molecule has 18 heavy (non-hydrogen) atoms. The van der Waals surface area contributed by atoms with E-state index >= 15 is 0 Å². The fraction of sp³-hybridized carbons (Fsp3) is 0.462. The van der Waals surface area contributed by atoms with Gasteiger partial charge < -0.3 is 14.8 Å². The molecule has 1 rings (SSSR count). The van der Waals surface area contributed by atoms with Crippen LogP contribution in [0.4, 0.5) is 0 Å². The largest absolute Gasteiger partial charge is 0.493 e. The van der Waals surface area contributed by atoms with E-state index in [1.807, 2.05) is 18.2 Å². The maximum atomic E-state index is 11.7. The molecule has 1 amide bonds. The molecule has 1 aromatic rings. The van der Waals surface area contributed by atoms with Crippen LogP contribution in [0.3, 0.4) is 0 Å². The van der Waals surface area contributed by atoms with Crippen molar-refractivity contribution in [3.63, 3.8) is 0 Å². The van der Waals surface area contributed by atoms with E-state index in [4.69, 9.17) is 9.47 Å². The van der Waals surface area contributed by atoms with Crippen molar-refractivity contribution in [1.29, 1.82) is 0 Å². The van der Waals surface area contributed by atoms with Gasteiger partial charge in [-0.3, -0.25) is 4.79 Å². The molecule has 0 heterocycles. The Kier molecular flexibility index (Phi) is 5.02. The van der Waals surface area contributed by atoms with Crippen molar-refractivity contribution in [2.75, 3.05) is 14.2 Å². The molecule has 0 radical (unpaired) electrons. The lowest BCUT2D eigenvalue weighted by atomic mass is 10.1. The second kappa shape index (κ2) is 6.09. The number of hydrogen-bond donors (Lipinski definition) is 1. The van der Waals surface area contributed by atoms with Crippen molar-refractivity contribution >= 4 is 21.8 Å². The van der Waals surface area contributed by atoms with Gasteiger partial charge in [0.1, 0.15) is 0 Å². The smallest absolute Gasteiger partial charge is 0.236 e. The van der Waals surface area contributed by atoms with E-state index in [2.05, 4.69) is 21.2 Å². The lowest BCUT2D eigenvalue weighted by Gasteiger charge is -2.16. The second-order valence-electron chi connectivity index (χ2n) is 4.34. The first-order valence-electron chi connectivity index (χ1n) is 5.56. The molecular formula is C13H18BrNO3. The summed E-state index contributed by atoms with van der Waals surface area (Å²) in [5.74, 6) is 1.27. The van der Waals surface area contributed by atoms with Gasteiger partial charge in [-0.25, -0.2) is 0 Å². The molecule has 0 aliphatic heterocycles. The third kappa shape index (κ3) is 3.91. The Bertz CT molecular complexity index is 427. The van der Waals surface area contributed by atoms with Crippen LogP contribution in [0.1, 0.15) is 19.4 Å². The second-order valence-corrected chi connectivity index (χ2v) is 6.33. The molecule has 1 aromatic carbocycles. The van der Waals surface area contributed by atoms with Crippen LogP contribution in [0.25, 0.3) is 0 Å². The van der Waals surface area contributed by atoms with Crippen molar-refractivity contribution in [3.05, 3.63) is 23.8 Å². The topological polar surface area (TPSA) is 47.6 Å². The summed E-state index contributed by atoms with van der Waals surface area (Å²) in [6.07, 6.45) is 0. The molecule has 0 spiro atoms. The number of rotatable bonds is 5. The first-order valence-corrected chi connectivity index (χ1v) is 6.36. The van der Waals surface area contributed by atoms with Crippen LogP contribution >= 0.6 is 15.9 Å². The standard InChI is InChI=1S/C13H18BrNO3/c1-13(2,14)12(16)15-8-9-5-6-10(17-3)11(7-9)18-4/h5-7H,8H2,1-4H3,(H,15,16). The number of methoxy groups -OCH3 is 2. The molecule has 0 unspecified atom stereocenters. The monoisotopic (exact) mass is 315 g/mol. The van der Waals surface area contributed by atoms with Crippen LogP contribution in [-0.4, -0.2) is 24.5 Å². The normalized spacial score (nSPS) is 10.9. The molecule has 4 nitrogen and oxygen atoms in total. The summed E-state index contributed by atoms with van der Waals surface area (Å²) in [6.45, 7) is 4.06. The molecule has 0 aromatic heterocycles. The van der Waals surface area contributed by atoms with Gasteiger partial charge in [0, 0.05) is 6.54 Å². The highest BCUT2D eigenvalue weighted by molar-refractivity contribution is 9.10. The number of alkyl halides is 1. The van der Waals surface area contributed by atoms with Crippen LogP contribution in [0.2, 0.25) is 0 Å². The molecule has 0 aliphatic rings. The molecule has 5 heteroatoms. The third-order valence-corrected chi connectivity index (χ3v) is 2.80. The van der Waals surface area contributed by atoms with Crippen LogP contribution in [-0.2, 0) is 11.3 Å². The van der Waals surface area contributed by atoms with E-state index < -0.39 is 4.32 Å². The van der Waals surface area contributed by atoms with Gasteiger partial charge >= 0.3 is 0 Å². The van der Waals surface area contributed by atoms with Gasteiger partial charge in [-0.2, -0.15) is 0 Å². The number of hydrogen-bond acceptors (Lipinski definition) is 3. The lowest BCUT2D eigenvalue weighted by molar-refractivity contribution is -0.122. The minimum absolute atomic E-state index is 0.0581. The molecule has 0 aliphatic carbocycles. The number of benzene rings is 1. The average molecular weight is 316 g/mol. The number of nitrogens with one attached hydrogen (secondary N) is 1. The van der Waals surface area contributed by atoms with Gasteiger partial charge in [0.05, 0.1) is 18.5 Å². The first kappa shape index (κ1) is 14.8. The van der Waals surface area contributed by atoms with Crippen LogP contribution in [0, 0.1) is 0 Å². The highest BCUT2D eigenvalue weighted by atomic mass is 79.9. The maximum absolute atomic E-state index is 11.7. The summed E-state index contributed by atoms with van der Waals surface area (Å²) in [4.78, 5) is 11.7. The van der Waals surface area contributed by atoms with Gasteiger partial charge in [0.15, 0.2) is 11.5 Å². The zero-order valence-electron chi connectivity index (χ0n) is 11.0. The van der Waals surface area contributed by atoms with Gasteiger partial charge in [0.25, 0.3) is 0 Å². The van der Waals surface area contributed by atoms with Gasteiger partial charge in [0.2, 0.25) is 5.91 Å². The third-order valence-electron chi connectivity index (χ3n) is 2.44. The zero-order chi connectivity index (χ0) is 13.8. The first-order chi connectivity index (χ1) is 8.38. The van der Waals surface area contributed by atoms with E-state index in [0.29, 0.717) is 18.0 Å². The fourth-order valence-corrected chi connectivity index (χ4v) is 1.52. The number of amides is 1. The Hall–Kier alpha value is -1.23. The summed E-state index contributed by atoms with van der Waals surface area (Å²) in [5, 5.41) is 2.85. The average Bonchev–Trinajstić information content (AvgIpc) is 2.34. The molecule has 1 N–H and O–H groups in total. The van der Waals surface area contributed by atoms with Crippen molar-refractivity contribution in [3.8, 4) is 11.5 Å². The Morgan fingerprint density at radius 2 is 1.89 bits per heavy atom. The van der Waals surface area contributed by atoms with Crippen LogP contribution < -0.4 is 14.8 Å². The van der Waals surface area contributed by atoms with Crippen molar-refractivity contribution in [2.24, 2.45) is 0 Å². The summed E-state index contributed by atoms with van der Waals surface area (Å²) in [5.41, 5.74) is 0.956. The minimum Gasteiger partial charge on any atom is -0.493 e. The van der Waals surface area contributed by atoms with E-state index in [1.165, 1.54) is 0 Å². The molecule has 0 saturated heterocycles. The minimum atomic E-state index is -0.566. The number of ether oxygens (including phenoxy) is 2. The molecule has 100 valence electrons. The van der Waals surface area contributed by atoms with E-state index in [-0.39, 0.29) is 5.91 Å². The fourth-order valence-electron chi connectivity index (χ4n) is 1.38. The Morgan fingerprint density at radius 3 is 2.39 bits per heavy atom. The van der Waals surface area contributed by atoms with Crippen molar-refractivity contribution < 1.29 is 14.3 Å². The number of halogens is 1. The summed E-state index contributed by atoms with van der Waals surface area (Å²) < 4.78 is 9.79. The molecule has 0 bridgehead atoms. The summed E-state index contributed by atoms with van der Waals surface area (Å²) in [6, 6.07) is 5.56. The van der Waals surface area contributed by atoms with E-state index in [9.17, 15) is 4.79 Å².